The van der Waals surface area contributed by atoms with E-state index >= 15 is 0 Å². The lowest BCUT2D eigenvalue weighted by atomic mass is 9.77. The number of fused-ring (bicyclic) bond motifs is 2. The van der Waals surface area contributed by atoms with Gasteiger partial charge in [-0.15, -0.1) is 0 Å². The second-order valence-corrected chi connectivity index (χ2v) is 9.03. The smallest absolute Gasteiger partial charge is 0.190 e. The first-order chi connectivity index (χ1) is 11.4. The molecule has 8 atom stereocenters. The number of aliphatic hydroxyl groups excluding tert-OH is 3. The van der Waals surface area contributed by atoms with E-state index in [-0.39, 0.29) is 35.2 Å². The summed E-state index contributed by atoms with van der Waals surface area (Å²) < 4.78 is 0. The molecule has 0 unspecified atom stereocenters. The number of allylic oxidation sites excluding steroid dienone is 1. The maximum atomic E-state index is 13.0. The van der Waals surface area contributed by atoms with Gasteiger partial charge < -0.3 is 20.4 Å². The molecule has 25 heavy (non-hydrogen) atoms. The lowest BCUT2D eigenvalue weighted by Crippen LogP contribution is -2.51. The summed E-state index contributed by atoms with van der Waals surface area (Å²) >= 11 is 0. The molecule has 0 spiro atoms. The van der Waals surface area contributed by atoms with E-state index in [1.54, 1.807) is 13.8 Å². The van der Waals surface area contributed by atoms with Crippen molar-refractivity contribution in [3.8, 4) is 0 Å². The van der Waals surface area contributed by atoms with Gasteiger partial charge in [-0.3, -0.25) is 4.79 Å². The van der Waals surface area contributed by atoms with Crippen LogP contribution >= 0.6 is 0 Å². The first-order valence-corrected chi connectivity index (χ1v) is 9.11. The molecule has 0 aromatic heterocycles. The topological polar surface area (TPSA) is 98.0 Å². The van der Waals surface area contributed by atoms with Gasteiger partial charge in [0.05, 0.1) is 24.2 Å². The number of hydrogen-bond donors (Lipinski definition) is 4. The van der Waals surface area contributed by atoms with Crippen molar-refractivity contribution < 1.29 is 25.2 Å². The van der Waals surface area contributed by atoms with E-state index < -0.39 is 35.6 Å². The molecule has 0 aromatic carbocycles. The highest BCUT2D eigenvalue weighted by atomic mass is 16.3. The standard InChI is InChI=1S/C20H30O5/c1-9-6-12-13(19(12,4)5)7-14(21)11(3)17(23)15-16(22)10(2)8-20(15,25)18(9)24/h6,10,12-17,21-23,25H,3,7-8H2,1-2,4-5H3/b9-6+/t10-,12+,13-,14-,15+,16-,17+,20+/m0/s1. The van der Waals surface area contributed by atoms with Crippen LogP contribution in [-0.2, 0) is 4.79 Å². The van der Waals surface area contributed by atoms with E-state index in [0.717, 1.165) is 0 Å². The third kappa shape index (κ3) is 2.64. The molecule has 0 saturated heterocycles. The largest absolute Gasteiger partial charge is 0.392 e. The van der Waals surface area contributed by atoms with Gasteiger partial charge in [-0.25, -0.2) is 0 Å². The van der Waals surface area contributed by atoms with Gasteiger partial charge in [-0.1, -0.05) is 33.4 Å². The molecular formula is C20H30O5. The van der Waals surface area contributed by atoms with Crippen molar-refractivity contribution in [3.63, 3.8) is 0 Å². The molecule has 3 rings (SSSR count). The number of ketones is 1. The molecule has 3 aliphatic rings. The summed E-state index contributed by atoms with van der Waals surface area (Å²) in [7, 11) is 0. The monoisotopic (exact) mass is 350 g/mol. The lowest BCUT2D eigenvalue weighted by Gasteiger charge is -2.35. The summed E-state index contributed by atoms with van der Waals surface area (Å²) in [5.41, 5.74) is -1.26. The van der Waals surface area contributed by atoms with Crippen molar-refractivity contribution in [1.82, 2.24) is 0 Å². The van der Waals surface area contributed by atoms with Crippen LogP contribution in [0, 0.1) is 29.1 Å². The summed E-state index contributed by atoms with van der Waals surface area (Å²) in [4.78, 5) is 13.0. The molecule has 5 heteroatoms. The quantitative estimate of drug-likeness (QED) is 0.492. The van der Waals surface area contributed by atoms with E-state index in [0.29, 0.717) is 12.0 Å². The second-order valence-electron chi connectivity index (χ2n) is 9.03. The van der Waals surface area contributed by atoms with Crippen LogP contribution in [0.15, 0.2) is 23.8 Å². The van der Waals surface area contributed by atoms with E-state index in [1.807, 2.05) is 6.08 Å². The Labute approximate surface area is 149 Å². The van der Waals surface area contributed by atoms with Gasteiger partial charge >= 0.3 is 0 Å². The molecule has 0 bridgehead atoms. The molecule has 0 amide bonds. The third-order valence-electron chi connectivity index (χ3n) is 7.08. The van der Waals surface area contributed by atoms with E-state index in [1.165, 1.54) is 0 Å². The normalized spacial score (nSPS) is 51.8. The Bertz CT molecular complexity index is 636. The number of hydrogen-bond acceptors (Lipinski definition) is 5. The van der Waals surface area contributed by atoms with Crippen molar-refractivity contribution in [2.75, 3.05) is 0 Å². The fourth-order valence-electron chi connectivity index (χ4n) is 5.15. The predicted molar refractivity (Wildman–Crippen MR) is 93.5 cm³/mol. The van der Waals surface area contributed by atoms with Crippen LogP contribution in [-0.4, -0.2) is 50.1 Å². The Morgan fingerprint density at radius 1 is 1.24 bits per heavy atom. The van der Waals surface area contributed by atoms with Gasteiger partial charge in [0.2, 0.25) is 0 Å². The first-order valence-electron chi connectivity index (χ1n) is 9.11. The number of carbonyl (C=O) groups excluding carboxylic acids is 1. The van der Waals surface area contributed by atoms with Crippen LogP contribution in [0.4, 0.5) is 0 Å². The Kier molecular flexibility index (Phi) is 4.31. The fraction of sp³-hybridized carbons (Fsp3) is 0.750. The highest BCUT2D eigenvalue weighted by Crippen LogP contribution is 2.62. The SMILES string of the molecule is C=C1[C@@H](O)[C@H]2[C@@H](O)[C@@H](C)C[C@]2(O)C(=O)/C(C)=C/[C@@H]2[C@H](C[C@@H]1O)C2(C)C. The van der Waals surface area contributed by atoms with Gasteiger partial charge in [0, 0.05) is 0 Å². The molecule has 3 aliphatic carbocycles. The maximum Gasteiger partial charge on any atom is 0.190 e. The highest BCUT2D eigenvalue weighted by molar-refractivity contribution is 6.02. The molecule has 0 radical (unpaired) electrons. The average molecular weight is 350 g/mol. The van der Waals surface area contributed by atoms with E-state index in [2.05, 4.69) is 20.4 Å². The molecule has 0 heterocycles. The number of Topliss-reactive ketones (excluding diaryl/α,β-unsaturated/α-hetero) is 1. The van der Waals surface area contributed by atoms with Gasteiger partial charge in [-0.2, -0.15) is 0 Å². The molecule has 0 aliphatic heterocycles. The Balaban J connectivity index is 2.08. The van der Waals surface area contributed by atoms with Crippen LogP contribution < -0.4 is 0 Å². The zero-order chi connectivity index (χ0) is 18.9. The Hall–Kier alpha value is -1.01. The number of aliphatic hydroxyl groups is 4. The van der Waals surface area contributed by atoms with Crippen LogP contribution in [0.1, 0.15) is 40.5 Å². The van der Waals surface area contributed by atoms with Gasteiger partial charge in [-0.05, 0) is 54.1 Å². The van der Waals surface area contributed by atoms with Crippen molar-refractivity contribution in [2.45, 2.75) is 64.4 Å². The van der Waals surface area contributed by atoms with Crippen LogP contribution in [0.5, 0.6) is 0 Å². The zero-order valence-electron chi connectivity index (χ0n) is 15.4. The number of rotatable bonds is 0. The summed E-state index contributed by atoms with van der Waals surface area (Å²) in [5, 5.41) is 43.0. The first kappa shape index (κ1) is 18.8. The van der Waals surface area contributed by atoms with Gasteiger partial charge in [0.15, 0.2) is 5.78 Å². The van der Waals surface area contributed by atoms with Crippen molar-refractivity contribution in [3.05, 3.63) is 23.8 Å². The Morgan fingerprint density at radius 2 is 1.84 bits per heavy atom. The van der Waals surface area contributed by atoms with Crippen molar-refractivity contribution in [1.29, 1.82) is 0 Å². The highest BCUT2D eigenvalue weighted by Gasteiger charge is 2.61. The average Bonchev–Trinajstić information content (AvgIpc) is 2.92. The summed E-state index contributed by atoms with van der Waals surface area (Å²) in [6, 6.07) is 0. The summed E-state index contributed by atoms with van der Waals surface area (Å²) in [6.45, 7) is 11.4. The minimum absolute atomic E-state index is 0.0442. The fourth-order valence-corrected chi connectivity index (χ4v) is 5.15. The van der Waals surface area contributed by atoms with E-state index in [4.69, 9.17) is 0 Å². The molecule has 5 nitrogen and oxygen atoms in total. The predicted octanol–water partition coefficient (Wildman–Crippen LogP) is 1.20. The van der Waals surface area contributed by atoms with Crippen LogP contribution in [0.2, 0.25) is 0 Å². The molecular weight excluding hydrogens is 320 g/mol. The lowest BCUT2D eigenvalue weighted by molar-refractivity contribution is -0.144. The maximum absolute atomic E-state index is 13.0. The summed E-state index contributed by atoms with van der Waals surface area (Å²) in [5.74, 6) is -1.53. The number of carbonyl (C=O) groups is 1. The zero-order valence-corrected chi connectivity index (χ0v) is 15.4. The third-order valence-corrected chi connectivity index (χ3v) is 7.08. The molecule has 4 N–H and O–H groups in total. The van der Waals surface area contributed by atoms with Gasteiger partial charge in [0.25, 0.3) is 0 Å². The Morgan fingerprint density at radius 3 is 2.44 bits per heavy atom. The van der Waals surface area contributed by atoms with Crippen molar-refractivity contribution in [2.24, 2.45) is 29.1 Å². The molecule has 140 valence electrons. The molecule has 2 fully saturated rings. The summed E-state index contributed by atoms with van der Waals surface area (Å²) in [6.07, 6.45) is -0.880. The minimum atomic E-state index is -1.85. The van der Waals surface area contributed by atoms with E-state index in [9.17, 15) is 25.2 Å². The molecule has 2 saturated carbocycles. The second kappa shape index (κ2) is 5.74. The minimum Gasteiger partial charge on any atom is -0.392 e. The molecule has 0 aromatic rings. The van der Waals surface area contributed by atoms with Crippen LogP contribution in [0.25, 0.3) is 0 Å². The van der Waals surface area contributed by atoms with Gasteiger partial charge in [0.1, 0.15) is 5.60 Å². The van der Waals surface area contributed by atoms with Crippen molar-refractivity contribution >= 4 is 5.78 Å². The van der Waals surface area contributed by atoms with Crippen LogP contribution in [0.3, 0.4) is 0 Å².